The van der Waals surface area contributed by atoms with E-state index in [4.69, 9.17) is 14.7 Å². The highest BCUT2D eigenvalue weighted by Gasteiger charge is 2.44. The number of ketones is 1. The van der Waals surface area contributed by atoms with Crippen LogP contribution in [0.25, 0.3) is 0 Å². The average molecular weight is 589 g/mol. The topological polar surface area (TPSA) is 172 Å². The summed E-state index contributed by atoms with van der Waals surface area (Å²) in [7, 11) is 0. The first-order chi connectivity index (χ1) is 20.4. The van der Waals surface area contributed by atoms with E-state index in [-0.39, 0.29) is 46.3 Å². The van der Waals surface area contributed by atoms with E-state index in [1.54, 1.807) is 27.7 Å². The lowest BCUT2D eigenvalue weighted by Gasteiger charge is -2.19. The number of aromatic nitrogens is 2. The Labute approximate surface area is 246 Å². The largest absolute Gasteiger partial charge is 0.444 e. The van der Waals surface area contributed by atoms with Crippen LogP contribution in [0.1, 0.15) is 78.3 Å². The number of nitriles is 1. The molecule has 2 aromatic heterocycles. The summed E-state index contributed by atoms with van der Waals surface area (Å²) in [5, 5.41) is 16.6. The van der Waals surface area contributed by atoms with Crippen LogP contribution >= 0.6 is 0 Å². The molecule has 3 N–H and O–H groups in total. The van der Waals surface area contributed by atoms with Crippen molar-refractivity contribution in [2.75, 3.05) is 10.6 Å². The molecule has 0 saturated heterocycles. The molecule has 222 valence electrons. The number of hydrogen-bond acceptors (Lipinski definition) is 9. The van der Waals surface area contributed by atoms with Crippen LogP contribution in [0.5, 0.6) is 5.75 Å². The van der Waals surface area contributed by atoms with Crippen LogP contribution < -0.4 is 20.7 Å². The maximum absolute atomic E-state index is 15.2. The van der Waals surface area contributed by atoms with Crippen LogP contribution in [0.3, 0.4) is 0 Å². The zero-order chi connectivity index (χ0) is 31.3. The monoisotopic (exact) mass is 588 g/mol. The van der Waals surface area contributed by atoms with Gasteiger partial charge in [-0.25, -0.2) is 28.7 Å². The Hall–Kier alpha value is -5.38. The van der Waals surface area contributed by atoms with Gasteiger partial charge >= 0.3 is 18.1 Å². The molecule has 1 aromatic carbocycles. The van der Waals surface area contributed by atoms with Gasteiger partial charge in [0.1, 0.15) is 34.9 Å². The summed E-state index contributed by atoms with van der Waals surface area (Å²) in [5.41, 5.74) is -0.381. The summed E-state index contributed by atoms with van der Waals surface area (Å²) >= 11 is 0. The van der Waals surface area contributed by atoms with Gasteiger partial charge < -0.3 is 14.8 Å². The second kappa shape index (κ2) is 12.6. The predicted molar refractivity (Wildman–Crippen MR) is 152 cm³/mol. The minimum atomic E-state index is -0.900. The number of esters is 1. The lowest BCUT2D eigenvalue weighted by molar-refractivity contribution is 0.0634. The van der Waals surface area contributed by atoms with E-state index in [1.165, 1.54) is 42.7 Å². The Morgan fingerprint density at radius 1 is 1.02 bits per heavy atom. The number of benzene rings is 1. The maximum atomic E-state index is 15.2. The van der Waals surface area contributed by atoms with Crippen molar-refractivity contribution in [3.8, 4) is 11.8 Å². The Morgan fingerprint density at radius 2 is 1.72 bits per heavy atom. The van der Waals surface area contributed by atoms with E-state index < -0.39 is 41.5 Å². The number of hydrogen-bond donors (Lipinski definition) is 3. The van der Waals surface area contributed by atoms with Gasteiger partial charge in [0.05, 0.1) is 16.7 Å². The summed E-state index contributed by atoms with van der Waals surface area (Å²) in [5.74, 6) is -2.43. The molecule has 2 atom stereocenters. The standard InChI is InChI=1S/C30H29FN6O6/c1-5-22(38)18-8-9-20(31)25(19-12-21(19)35-28(40)36-23-10-6-16(13-32)14-33-23)26(18)42-27(39)17-7-11-24(34-15-17)37-29(41)43-30(2,3)4/h6-11,14-15,19,21H,5,12H2,1-4H3,(H,34,37,41)(H2,33,35,36,40). The average Bonchev–Trinajstić information content (AvgIpc) is 3.70. The number of rotatable bonds is 8. The smallest absolute Gasteiger partial charge is 0.413 e. The molecule has 0 bridgehead atoms. The third-order valence-electron chi connectivity index (χ3n) is 6.20. The van der Waals surface area contributed by atoms with Gasteiger partial charge in [-0.05, 0) is 63.6 Å². The summed E-state index contributed by atoms with van der Waals surface area (Å²) in [6.45, 7) is 6.75. The highest BCUT2D eigenvalue weighted by atomic mass is 19.1. The third kappa shape index (κ3) is 7.88. The highest BCUT2D eigenvalue weighted by molar-refractivity contribution is 6.01. The second-order valence-corrected chi connectivity index (χ2v) is 10.7. The number of halogens is 1. The first-order valence-electron chi connectivity index (χ1n) is 13.4. The second-order valence-electron chi connectivity index (χ2n) is 10.7. The van der Waals surface area contributed by atoms with Gasteiger partial charge in [0.2, 0.25) is 0 Å². The molecule has 2 unspecified atom stereocenters. The number of ether oxygens (including phenoxy) is 2. The van der Waals surface area contributed by atoms with Crippen molar-refractivity contribution >= 4 is 35.5 Å². The highest BCUT2D eigenvalue weighted by Crippen LogP contribution is 2.47. The number of anilines is 2. The normalized spacial score (nSPS) is 15.4. The number of amides is 3. The van der Waals surface area contributed by atoms with Crippen LogP contribution in [-0.2, 0) is 4.74 Å². The fourth-order valence-corrected chi connectivity index (χ4v) is 4.12. The van der Waals surface area contributed by atoms with Gasteiger partial charge in [-0.3, -0.25) is 15.4 Å². The molecule has 0 spiro atoms. The van der Waals surface area contributed by atoms with Crippen molar-refractivity contribution in [3.63, 3.8) is 0 Å². The zero-order valence-electron chi connectivity index (χ0n) is 23.9. The Bertz CT molecular complexity index is 1600. The summed E-state index contributed by atoms with van der Waals surface area (Å²) in [6.07, 6.45) is 2.15. The quantitative estimate of drug-likeness (QED) is 0.179. The number of nitrogens with zero attached hydrogens (tertiary/aromatic N) is 3. The van der Waals surface area contributed by atoms with E-state index in [0.717, 1.165) is 6.07 Å². The van der Waals surface area contributed by atoms with Gasteiger partial charge in [0, 0.05) is 36.3 Å². The van der Waals surface area contributed by atoms with Crippen molar-refractivity contribution in [1.82, 2.24) is 15.3 Å². The first kappa shape index (κ1) is 30.6. The molecule has 0 aliphatic heterocycles. The minimum Gasteiger partial charge on any atom is -0.444 e. The molecule has 1 aliphatic rings. The number of nitrogens with one attached hydrogen (secondary N) is 3. The zero-order valence-corrected chi connectivity index (χ0v) is 23.9. The SMILES string of the molecule is CCC(=O)c1ccc(F)c(C2CC2NC(=O)Nc2ccc(C#N)cn2)c1OC(=O)c1ccc(NC(=O)OC(C)(C)C)nc1. The molecular formula is C30H29FN6O6. The lowest BCUT2D eigenvalue weighted by Crippen LogP contribution is -2.31. The maximum Gasteiger partial charge on any atom is 0.413 e. The number of carbonyl (C=O) groups is 4. The number of Topliss-reactive ketones (excluding diaryl/α,β-unsaturated/α-hetero) is 1. The van der Waals surface area contributed by atoms with Crippen molar-refractivity contribution < 1.29 is 33.0 Å². The van der Waals surface area contributed by atoms with Crippen LogP contribution in [0.4, 0.5) is 25.6 Å². The number of carbonyl (C=O) groups excluding carboxylic acids is 4. The number of pyridine rings is 2. The van der Waals surface area contributed by atoms with E-state index in [2.05, 4.69) is 25.9 Å². The predicted octanol–water partition coefficient (Wildman–Crippen LogP) is 5.32. The van der Waals surface area contributed by atoms with Gasteiger partial charge in [-0.15, -0.1) is 0 Å². The molecule has 4 rings (SSSR count). The van der Waals surface area contributed by atoms with Gasteiger partial charge in [-0.2, -0.15) is 5.26 Å². The fourth-order valence-electron chi connectivity index (χ4n) is 4.12. The Kier molecular flexibility index (Phi) is 8.99. The molecule has 12 nitrogen and oxygen atoms in total. The summed E-state index contributed by atoms with van der Waals surface area (Å²) < 4.78 is 26.0. The summed E-state index contributed by atoms with van der Waals surface area (Å²) in [4.78, 5) is 58.3. The first-order valence-corrected chi connectivity index (χ1v) is 13.4. The minimum absolute atomic E-state index is 0.00869. The van der Waals surface area contributed by atoms with E-state index in [0.29, 0.717) is 12.0 Å². The number of urea groups is 1. The lowest BCUT2D eigenvalue weighted by atomic mass is 10.00. The molecule has 2 heterocycles. The van der Waals surface area contributed by atoms with Crippen LogP contribution in [0, 0.1) is 17.1 Å². The van der Waals surface area contributed by atoms with Crippen molar-refractivity contribution in [3.05, 3.63) is 76.9 Å². The summed E-state index contributed by atoms with van der Waals surface area (Å²) in [6, 6.07) is 8.88. The fraction of sp³-hybridized carbons (Fsp3) is 0.300. The van der Waals surface area contributed by atoms with Crippen molar-refractivity contribution in [2.24, 2.45) is 0 Å². The van der Waals surface area contributed by atoms with Gasteiger partial charge in [-0.1, -0.05) is 6.92 Å². The molecule has 43 heavy (non-hydrogen) atoms. The molecule has 1 fully saturated rings. The van der Waals surface area contributed by atoms with Gasteiger partial charge in [0.15, 0.2) is 5.78 Å². The molecule has 1 saturated carbocycles. The molecule has 1 aliphatic carbocycles. The van der Waals surface area contributed by atoms with Crippen LogP contribution in [-0.4, -0.2) is 45.5 Å². The molecule has 13 heteroatoms. The third-order valence-corrected chi connectivity index (χ3v) is 6.20. The van der Waals surface area contributed by atoms with Crippen molar-refractivity contribution in [1.29, 1.82) is 5.26 Å². The molecular weight excluding hydrogens is 559 g/mol. The van der Waals surface area contributed by atoms with Gasteiger partial charge in [0.25, 0.3) is 0 Å². The van der Waals surface area contributed by atoms with E-state index in [9.17, 15) is 19.2 Å². The molecule has 3 aromatic rings. The van der Waals surface area contributed by atoms with Crippen molar-refractivity contribution in [2.45, 2.75) is 58.1 Å². The Morgan fingerprint density at radius 3 is 2.33 bits per heavy atom. The van der Waals surface area contributed by atoms with E-state index in [1.807, 2.05) is 6.07 Å². The Balaban J connectivity index is 1.50. The van der Waals surface area contributed by atoms with Crippen LogP contribution in [0.2, 0.25) is 0 Å². The molecule has 0 radical (unpaired) electrons. The van der Waals surface area contributed by atoms with Crippen LogP contribution in [0.15, 0.2) is 48.8 Å². The van der Waals surface area contributed by atoms with E-state index >= 15 is 4.39 Å². The molecule has 3 amide bonds.